The van der Waals surface area contributed by atoms with E-state index in [1.807, 2.05) is 30.3 Å². The smallest absolute Gasteiger partial charge is 0.293 e. The first-order valence-corrected chi connectivity index (χ1v) is 8.06. The molecule has 0 fully saturated rings. The lowest BCUT2D eigenvalue weighted by Crippen LogP contribution is -2.10. The third-order valence-electron chi connectivity index (χ3n) is 3.63. The van der Waals surface area contributed by atoms with Crippen LogP contribution in [0.4, 0.5) is 11.4 Å². The summed E-state index contributed by atoms with van der Waals surface area (Å²) >= 11 is 6.26. The molecule has 0 aliphatic heterocycles. The van der Waals surface area contributed by atoms with Crippen LogP contribution in [0.15, 0.2) is 53.1 Å². The molecule has 0 aliphatic rings. The van der Waals surface area contributed by atoms with Crippen LogP contribution in [0.5, 0.6) is 0 Å². The SMILES string of the molecule is CN(C)c1ccc(/C=C(\Cl)c2nc(-c3ccccc3)no2)cc1[N+](=O)[O-]. The van der Waals surface area contributed by atoms with Crippen molar-refractivity contribution < 1.29 is 9.45 Å². The van der Waals surface area contributed by atoms with Crippen LogP contribution in [0.3, 0.4) is 0 Å². The van der Waals surface area contributed by atoms with Crippen molar-refractivity contribution in [2.45, 2.75) is 0 Å². The summed E-state index contributed by atoms with van der Waals surface area (Å²) < 4.78 is 5.19. The molecular formula is C18H15ClN4O3. The minimum Gasteiger partial charge on any atom is -0.372 e. The van der Waals surface area contributed by atoms with Gasteiger partial charge in [0.25, 0.3) is 11.6 Å². The first kappa shape index (κ1) is 17.6. The largest absolute Gasteiger partial charge is 0.372 e. The van der Waals surface area contributed by atoms with Gasteiger partial charge < -0.3 is 9.42 Å². The predicted octanol–water partition coefficient (Wildman–Crippen LogP) is 4.45. The number of aromatic nitrogens is 2. The number of nitro groups is 1. The van der Waals surface area contributed by atoms with Crippen molar-refractivity contribution in [3.63, 3.8) is 0 Å². The zero-order valence-electron chi connectivity index (χ0n) is 14.1. The molecule has 0 amide bonds. The van der Waals surface area contributed by atoms with Gasteiger partial charge in [-0.25, -0.2) is 0 Å². The van der Waals surface area contributed by atoms with E-state index in [4.69, 9.17) is 16.1 Å². The summed E-state index contributed by atoms with van der Waals surface area (Å²) in [7, 11) is 3.49. The van der Waals surface area contributed by atoms with Crippen LogP contribution in [-0.2, 0) is 0 Å². The van der Waals surface area contributed by atoms with Crippen molar-refractivity contribution in [1.82, 2.24) is 10.1 Å². The van der Waals surface area contributed by atoms with Crippen LogP contribution in [-0.4, -0.2) is 29.2 Å². The number of rotatable bonds is 5. The summed E-state index contributed by atoms with van der Waals surface area (Å²) in [6.45, 7) is 0. The molecule has 3 aromatic rings. The maximum atomic E-state index is 11.3. The van der Waals surface area contributed by atoms with Gasteiger partial charge in [0, 0.05) is 25.7 Å². The van der Waals surface area contributed by atoms with E-state index < -0.39 is 4.92 Å². The van der Waals surface area contributed by atoms with Crippen LogP contribution in [0.2, 0.25) is 0 Å². The third kappa shape index (κ3) is 3.73. The van der Waals surface area contributed by atoms with E-state index in [9.17, 15) is 10.1 Å². The first-order chi connectivity index (χ1) is 12.5. The van der Waals surface area contributed by atoms with E-state index in [1.165, 1.54) is 6.07 Å². The Morgan fingerprint density at radius 2 is 1.96 bits per heavy atom. The lowest BCUT2D eigenvalue weighted by Gasteiger charge is -2.12. The predicted molar refractivity (Wildman–Crippen MR) is 101 cm³/mol. The number of halogens is 1. The molecule has 0 saturated heterocycles. The van der Waals surface area contributed by atoms with Gasteiger partial charge in [0.2, 0.25) is 5.82 Å². The number of hydrogen-bond donors (Lipinski definition) is 0. The summed E-state index contributed by atoms with van der Waals surface area (Å²) in [5.41, 5.74) is 1.86. The Morgan fingerprint density at radius 3 is 2.62 bits per heavy atom. The Morgan fingerprint density at radius 1 is 1.23 bits per heavy atom. The number of anilines is 1. The Hall–Kier alpha value is -3.19. The van der Waals surface area contributed by atoms with Crippen molar-refractivity contribution in [2.24, 2.45) is 0 Å². The maximum absolute atomic E-state index is 11.3. The molecule has 7 nitrogen and oxygen atoms in total. The van der Waals surface area contributed by atoms with E-state index >= 15 is 0 Å². The van der Waals surface area contributed by atoms with Crippen LogP contribution in [0.1, 0.15) is 11.5 Å². The molecule has 132 valence electrons. The van der Waals surface area contributed by atoms with Crippen molar-refractivity contribution in [2.75, 3.05) is 19.0 Å². The van der Waals surface area contributed by atoms with Crippen LogP contribution < -0.4 is 4.90 Å². The van der Waals surface area contributed by atoms with Gasteiger partial charge in [-0.1, -0.05) is 53.2 Å². The van der Waals surface area contributed by atoms with Gasteiger partial charge in [-0.3, -0.25) is 10.1 Å². The fraction of sp³-hybridized carbons (Fsp3) is 0.111. The van der Waals surface area contributed by atoms with Gasteiger partial charge in [0.1, 0.15) is 10.7 Å². The maximum Gasteiger partial charge on any atom is 0.293 e. The van der Waals surface area contributed by atoms with E-state index in [-0.39, 0.29) is 16.6 Å². The van der Waals surface area contributed by atoms with Gasteiger partial charge in [-0.15, -0.1) is 0 Å². The molecule has 0 atom stereocenters. The van der Waals surface area contributed by atoms with Gasteiger partial charge in [-0.05, 0) is 17.7 Å². The molecule has 2 aromatic carbocycles. The highest BCUT2D eigenvalue weighted by molar-refractivity contribution is 6.50. The highest BCUT2D eigenvalue weighted by Crippen LogP contribution is 2.30. The number of hydrogen-bond acceptors (Lipinski definition) is 6. The molecular weight excluding hydrogens is 356 g/mol. The monoisotopic (exact) mass is 370 g/mol. The van der Waals surface area contributed by atoms with E-state index in [2.05, 4.69) is 10.1 Å². The average Bonchev–Trinajstić information content (AvgIpc) is 3.12. The molecule has 3 rings (SSSR count). The number of nitro benzene ring substituents is 1. The number of nitrogens with zero attached hydrogens (tertiary/aromatic N) is 4. The van der Waals surface area contributed by atoms with Gasteiger partial charge in [0.15, 0.2) is 0 Å². The van der Waals surface area contributed by atoms with Crippen LogP contribution in [0, 0.1) is 10.1 Å². The minimum absolute atomic E-state index is 0.0104. The highest BCUT2D eigenvalue weighted by atomic mass is 35.5. The average molecular weight is 371 g/mol. The van der Waals surface area contributed by atoms with Gasteiger partial charge in [0.05, 0.1) is 4.92 Å². The normalized spacial score (nSPS) is 11.4. The molecule has 8 heteroatoms. The van der Waals surface area contributed by atoms with Gasteiger partial charge >= 0.3 is 0 Å². The molecule has 1 heterocycles. The van der Waals surface area contributed by atoms with Crippen molar-refractivity contribution in [1.29, 1.82) is 0 Å². The summed E-state index contributed by atoms with van der Waals surface area (Å²) in [6.07, 6.45) is 1.55. The third-order valence-corrected chi connectivity index (χ3v) is 3.90. The fourth-order valence-corrected chi connectivity index (χ4v) is 2.59. The lowest BCUT2D eigenvalue weighted by atomic mass is 10.1. The molecule has 26 heavy (non-hydrogen) atoms. The van der Waals surface area contributed by atoms with E-state index in [1.54, 1.807) is 37.2 Å². The first-order valence-electron chi connectivity index (χ1n) is 7.68. The summed E-state index contributed by atoms with van der Waals surface area (Å²) in [5.74, 6) is 0.561. The Bertz CT molecular complexity index is 968. The zero-order valence-corrected chi connectivity index (χ0v) is 14.8. The second-order valence-electron chi connectivity index (χ2n) is 5.68. The molecule has 0 radical (unpaired) electrons. The summed E-state index contributed by atoms with van der Waals surface area (Å²) in [4.78, 5) is 16.8. The minimum atomic E-state index is -0.430. The van der Waals surface area contributed by atoms with Crippen LogP contribution >= 0.6 is 11.6 Å². The van der Waals surface area contributed by atoms with Crippen molar-refractivity contribution in [3.05, 3.63) is 70.1 Å². The van der Waals surface area contributed by atoms with Gasteiger partial charge in [-0.2, -0.15) is 4.98 Å². The second-order valence-corrected chi connectivity index (χ2v) is 6.09. The molecule has 0 aliphatic carbocycles. The molecule has 0 N–H and O–H groups in total. The van der Waals surface area contributed by atoms with E-state index in [0.29, 0.717) is 17.1 Å². The Labute approximate surface area is 154 Å². The molecule has 0 spiro atoms. The Balaban J connectivity index is 1.92. The quantitative estimate of drug-likeness (QED) is 0.487. The summed E-state index contributed by atoms with van der Waals surface area (Å²) in [6, 6.07) is 14.2. The topological polar surface area (TPSA) is 85.3 Å². The fourth-order valence-electron chi connectivity index (χ4n) is 2.39. The van der Waals surface area contributed by atoms with Crippen molar-refractivity contribution >= 4 is 34.1 Å². The zero-order chi connectivity index (χ0) is 18.7. The summed E-state index contributed by atoms with van der Waals surface area (Å²) in [5, 5.41) is 15.4. The molecule has 0 unspecified atom stereocenters. The molecule has 0 bridgehead atoms. The molecule has 1 aromatic heterocycles. The van der Waals surface area contributed by atoms with Crippen molar-refractivity contribution in [3.8, 4) is 11.4 Å². The standard InChI is InChI=1S/C18H15ClN4O3/c1-22(2)15-9-8-12(11-16(15)23(24)25)10-14(19)18-20-17(21-26-18)13-6-4-3-5-7-13/h3-11H,1-2H3/b14-10-. The second kappa shape index (κ2) is 7.37. The molecule has 0 saturated carbocycles. The highest BCUT2D eigenvalue weighted by Gasteiger charge is 2.17. The van der Waals surface area contributed by atoms with Crippen LogP contribution in [0.25, 0.3) is 22.5 Å². The Kier molecular flexibility index (Phi) is 4.99. The lowest BCUT2D eigenvalue weighted by molar-refractivity contribution is -0.384. The number of benzene rings is 2. The van der Waals surface area contributed by atoms with E-state index in [0.717, 1.165) is 5.56 Å².